The van der Waals surface area contributed by atoms with Crippen LogP contribution in [0.15, 0.2) is 48.5 Å². The Morgan fingerprint density at radius 3 is 2.38 bits per heavy atom. The van der Waals surface area contributed by atoms with E-state index in [-0.39, 0.29) is 5.78 Å². The van der Waals surface area contributed by atoms with E-state index in [1.807, 2.05) is 36.4 Å². The molecule has 1 aliphatic carbocycles. The third-order valence-corrected chi connectivity index (χ3v) is 5.27. The molecule has 0 atom stereocenters. The Morgan fingerprint density at radius 2 is 1.62 bits per heavy atom. The lowest BCUT2D eigenvalue weighted by atomic mass is 9.84. The van der Waals surface area contributed by atoms with Crippen LogP contribution in [0.4, 0.5) is 0 Å². The molecule has 0 N–H and O–H groups in total. The van der Waals surface area contributed by atoms with Crippen molar-refractivity contribution in [1.29, 1.82) is 0 Å². The van der Waals surface area contributed by atoms with Crippen LogP contribution < -0.4 is 9.47 Å². The van der Waals surface area contributed by atoms with E-state index in [4.69, 9.17) is 9.47 Å². The van der Waals surface area contributed by atoms with Gasteiger partial charge in [0.15, 0.2) is 17.3 Å². The number of fused-ring (bicyclic) bond motifs is 1. The molecule has 3 heteroatoms. The maximum atomic E-state index is 12.5. The van der Waals surface area contributed by atoms with Gasteiger partial charge >= 0.3 is 0 Å². The zero-order valence-corrected chi connectivity index (χ0v) is 14.9. The highest BCUT2D eigenvalue weighted by Gasteiger charge is 2.15. The summed E-state index contributed by atoms with van der Waals surface area (Å²) in [7, 11) is 0. The summed E-state index contributed by atoms with van der Waals surface area (Å²) in [5.41, 5.74) is 3.04. The van der Waals surface area contributed by atoms with Gasteiger partial charge in [0.05, 0.1) is 0 Å². The van der Waals surface area contributed by atoms with Crippen LogP contribution in [-0.4, -0.2) is 19.0 Å². The first-order chi connectivity index (χ1) is 12.8. The summed E-state index contributed by atoms with van der Waals surface area (Å²) in [4.78, 5) is 12.5. The molecule has 26 heavy (non-hydrogen) atoms. The minimum absolute atomic E-state index is 0.0232. The first-order valence-electron chi connectivity index (χ1n) is 9.51. The number of ketones is 1. The fourth-order valence-electron chi connectivity index (χ4n) is 3.79. The molecule has 134 valence electrons. The Labute approximate surface area is 154 Å². The van der Waals surface area contributed by atoms with E-state index in [9.17, 15) is 4.79 Å². The lowest BCUT2D eigenvalue weighted by Gasteiger charge is -2.21. The molecule has 0 unspecified atom stereocenters. The predicted octanol–water partition coefficient (Wildman–Crippen LogP) is 5.40. The monoisotopic (exact) mass is 348 g/mol. The molecule has 0 bridgehead atoms. The second-order valence-electron chi connectivity index (χ2n) is 7.06. The average Bonchev–Trinajstić information content (AvgIpc) is 2.72. The van der Waals surface area contributed by atoms with Crippen molar-refractivity contribution in [3.63, 3.8) is 0 Å². The SMILES string of the molecule is O=C(/C=C/c1ccc2c(c1)OCCO2)c1ccc(C2CCCCC2)cc1. The molecule has 0 radical (unpaired) electrons. The van der Waals surface area contributed by atoms with E-state index in [0.717, 1.165) is 22.6 Å². The summed E-state index contributed by atoms with van der Waals surface area (Å²) in [6.45, 7) is 1.14. The van der Waals surface area contributed by atoms with Crippen LogP contribution >= 0.6 is 0 Å². The van der Waals surface area contributed by atoms with Crippen molar-refractivity contribution in [2.24, 2.45) is 0 Å². The maximum absolute atomic E-state index is 12.5. The fraction of sp³-hybridized carbons (Fsp3) is 0.348. The molecule has 2 aromatic carbocycles. The summed E-state index contributed by atoms with van der Waals surface area (Å²) in [6, 6.07) is 13.9. The largest absolute Gasteiger partial charge is 0.486 e. The lowest BCUT2D eigenvalue weighted by molar-refractivity contribution is 0.104. The van der Waals surface area contributed by atoms with Crippen molar-refractivity contribution in [3.05, 3.63) is 65.2 Å². The average molecular weight is 348 g/mol. The van der Waals surface area contributed by atoms with Gasteiger partial charge in [-0.05, 0) is 48.1 Å². The van der Waals surface area contributed by atoms with Crippen LogP contribution in [0.1, 0.15) is 59.5 Å². The van der Waals surface area contributed by atoms with Crippen molar-refractivity contribution in [2.45, 2.75) is 38.0 Å². The van der Waals surface area contributed by atoms with Crippen molar-refractivity contribution in [2.75, 3.05) is 13.2 Å². The third kappa shape index (κ3) is 3.82. The molecule has 4 rings (SSSR count). The van der Waals surface area contributed by atoms with E-state index >= 15 is 0 Å². The predicted molar refractivity (Wildman–Crippen MR) is 103 cm³/mol. The maximum Gasteiger partial charge on any atom is 0.185 e. The van der Waals surface area contributed by atoms with Gasteiger partial charge in [-0.15, -0.1) is 0 Å². The number of hydrogen-bond donors (Lipinski definition) is 0. The molecule has 0 spiro atoms. The second-order valence-corrected chi connectivity index (χ2v) is 7.06. The van der Waals surface area contributed by atoms with Crippen LogP contribution in [0.2, 0.25) is 0 Å². The number of hydrogen-bond acceptors (Lipinski definition) is 3. The Morgan fingerprint density at radius 1 is 0.885 bits per heavy atom. The number of carbonyl (C=O) groups is 1. The topological polar surface area (TPSA) is 35.5 Å². The highest BCUT2D eigenvalue weighted by Crippen LogP contribution is 2.33. The zero-order chi connectivity index (χ0) is 17.8. The number of allylic oxidation sites excluding steroid dienone is 1. The Kier molecular flexibility index (Phi) is 5.05. The third-order valence-electron chi connectivity index (χ3n) is 5.27. The standard InChI is InChI=1S/C23H24O3/c24-21(12-6-17-7-13-22-23(16-17)26-15-14-25-22)20-10-8-19(9-11-20)18-4-2-1-3-5-18/h6-13,16,18H,1-5,14-15H2/b12-6+. The van der Waals surface area contributed by atoms with Gasteiger partial charge in [-0.2, -0.15) is 0 Å². The van der Waals surface area contributed by atoms with Crippen LogP contribution in [-0.2, 0) is 0 Å². The molecule has 3 nitrogen and oxygen atoms in total. The fourth-order valence-corrected chi connectivity index (χ4v) is 3.79. The van der Waals surface area contributed by atoms with E-state index in [0.29, 0.717) is 19.1 Å². The van der Waals surface area contributed by atoms with Gasteiger partial charge in [-0.3, -0.25) is 4.79 Å². The van der Waals surface area contributed by atoms with Crippen molar-refractivity contribution in [3.8, 4) is 11.5 Å². The molecule has 1 fully saturated rings. The Bertz CT molecular complexity index is 799. The molecule has 0 aromatic heterocycles. The molecule has 2 aliphatic rings. The summed E-state index contributed by atoms with van der Waals surface area (Å²) in [5.74, 6) is 2.19. The zero-order valence-electron chi connectivity index (χ0n) is 14.9. The molecule has 2 aromatic rings. The number of benzene rings is 2. The molecular weight excluding hydrogens is 324 g/mol. The molecule has 1 aliphatic heterocycles. The van der Waals surface area contributed by atoms with Crippen LogP contribution in [0.25, 0.3) is 6.08 Å². The number of rotatable bonds is 4. The second kappa shape index (κ2) is 7.77. The van der Waals surface area contributed by atoms with Crippen molar-refractivity contribution >= 4 is 11.9 Å². The first-order valence-corrected chi connectivity index (χ1v) is 9.51. The molecule has 1 saturated carbocycles. The number of ether oxygens (including phenoxy) is 2. The smallest absolute Gasteiger partial charge is 0.185 e. The van der Waals surface area contributed by atoms with Gasteiger partial charge in [-0.1, -0.05) is 55.7 Å². The highest BCUT2D eigenvalue weighted by molar-refractivity contribution is 6.06. The van der Waals surface area contributed by atoms with Crippen LogP contribution in [0.3, 0.4) is 0 Å². The molecule has 1 heterocycles. The quantitative estimate of drug-likeness (QED) is 0.548. The Balaban J connectivity index is 1.43. The van der Waals surface area contributed by atoms with Gasteiger partial charge in [0.1, 0.15) is 13.2 Å². The lowest BCUT2D eigenvalue weighted by Crippen LogP contribution is -2.15. The summed E-state index contributed by atoms with van der Waals surface area (Å²) < 4.78 is 11.1. The van der Waals surface area contributed by atoms with Gasteiger partial charge in [0, 0.05) is 5.56 Å². The first kappa shape index (κ1) is 16.9. The van der Waals surface area contributed by atoms with E-state index in [1.165, 1.54) is 37.7 Å². The normalized spacial score (nSPS) is 17.4. The Hall–Kier alpha value is -2.55. The van der Waals surface area contributed by atoms with E-state index < -0.39 is 0 Å². The van der Waals surface area contributed by atoms with Crippen molar-refractivity contribution < 1.29 is 14.3 Å². The minimum Gasteiger partial charge on any atom is -0.486 e. The van der Waals surface area contributed by atoms with Crippen LogP contribution in [0.5, 0.6) is 11.5 Å². The van der Waals surface area contributed by atoms with E-state index in [2.05, 4.69) is 12.1 Å². The highest BCUT2D eigenvalue weighted by atomic mass is 16.6. The summed E-state index contributed by atoms with van der Waals surface area (Å²) in [5, 5.41) is 0. The summed E-state index contributed by atoms with van der Waals surface area (Å²) in [6.07, 6.45) is 10.0. The summed E-state index contributed by atoms with van der Waals surface area (Å²) >= 11 is 0. The van der Waals surface area contributed by atoms with E-state index in [1.54, 1.807) is 6.08 Å². The molecule has 0 saturated heterocycles. The van der Waals surface area contributed by atoms with Crippen molar-refractivity contribution in [1.82, 2.24) is 0 Å². The van der Waals surface area contributed by atoms with Gasteiger partial charge in [0.25, 0.3) is 0 Å². The van der Waals surface area contributed by atoms with Gasteiger partial charge in [0.2, 0.25) is 0 Å². The number of carbonyl (C=O) groups excluding carboxylic acids is 1. The minimum atomic E-state index is 0.0232. The van der Waals surface area contributed by atoms with Gasteiger partial charge < -0.3 is 9.47 Å². The van der Waals surface area contributed by atoms with Gasteiger partial charge in [-0.25, -0.2) is 0 Å². The molecule has 0 amide bonds. The molecular formula is C23H24O3. The van der Waals surface area contributed by atoms with Crippen LogP contribution in [0, 0.1) is 0 Å².